The highest BCUT2D eigenvalue weighted by molar-refractivity contribution is 4.98. The summed E-state index contributed by atoms with van der Waals surface area (Å²) in [6.07, 6.45) is 11.1. The van der Waals surface area contributed by atoms with Crippen molar-refractivity contribution in [2.45, 2.75) is 86.0 Å². The average molecular weight is 225 g/mol. The fraction of sp³-hybridized carbons (Fsp3) is 0.938. The van der Waals surface area contributed by atoms with Crippen LogP contribution in [0.5, 0.6) is 0 Å². The molecule has 97 valence electrons. The molecule has 1 radical (unpaired) electrons. The molecule has 1 atom stereocenters. The molecule has 0 aromatic rings. The number of unbranched alkanes of at least 4 members (excludes halogenated alkanes) is 3. The fourth-order valence-electron chi connectivity index (χ4n) is 2.65. The van der Waals surface area contributed by atoms with E-state index in [2.05, 4.69) is 34.6 Å². The molecule has 0 aliphatic heterocycles. The molecule has 0 heterocycles. The first-order chi connectivity index (χ1) is 7.67. The van der Waals surface area contributed by atoms with Crippen LogP contribution in [-0.2, 0) is 0 Å². The maximum atomic E-state index is 2.38. The standard InChI is InChI=1S/C16H33/c1-6-9-11-13-16(14(4)5)15(8-3)12-10-7-2/h14-15H,6-13H2,1-5H3. The molecule has 0 aromatic heterocycles. The average Bonchev–Trinajstić information content (AvgIpc) is 2.27. The Morgan fingerprint density at radius 3 is 1.94 bits per heavy atom. The van der Waals surface area contributed by atoms with E-state index in [1.807, 2.05) is 5.92 Å². The van der Waals surface area contributed by atoms with Crippen molar-refractivity contribution in [3.8, 4) is 0 Å². The Labute approximate surface area is 104 Å². The van der Waals surface area contributed by atoms with E-state index in [4.69, 9.17) is 0 Å². The number of hydrogen-bond donors (Lipinski definition) is 0. The molecule has 0 heteroatoms. The van der Waals surface area contributed by atoms with E-state index >= 15 is 0 Å². The Morgan fingerprint density at radius 2 is 1.50 bits per heavy atom. The zero-order chi connectivity index (χ0) is 12.4. The summed E-state index contributed by atoms with van der Waals surface area (Å²) in [6.45, 7) is 11.7. The van der Waals surface area contributed by atoms with E-state index in [1.165, 1.54) is 51.4 Å². The quantitative estimate of drug-likeness (QED) is 0.399. The van der Waals surface area contributed by atoms with Crippen molar-refractivity contribution in [1.82, 2.24) is 0 Å². The first-order valence-corrected chi connectivity index (χ1v) is 7.52. The van der Waals surface area contributed by atoms with Gasteiger partial charge in [0.2, 0.25) is 0 Å². The van der Waals surface area contributed by atoms with Crippen LogP contribution in [0.15, 0.2) is 0 Å². The van der Waals surface area contributed by atoms with Crippen molar-refractivity contribution >= 4 is 0 Å². The van der Waals surface area contributed by atoms with E-state index in [0.717, 1.165) is 11.8 Å². The van der Waals surface area contributed by atoms with Gasteiger partial charge in [-0.25, -0.2) is 0 Å². The van der Waals surface area contributed by atoms with E-state index < -0.39 is 0 Å². The van der Waals surface area contributed by atoms with Crippen LogP contribution in [0.4, 0.5) is 0 Å². The minimum Gasteiger partial charge on any atom is -0.0654 e. The SMILES string of the molecule is CCCCC[C](C(C)C)C(CC)CCCC. The van der Waals surface area contributed by atoms with E-state index in [1.54, 1.807) is 0 Å². The molecule has 1 unspecified atom stereocenters. The lowest BCUT2D eigenvalue weighted by Crippen LogP contribution is -2.18. The van der Waals surface area contributed by atoms with Gasteiger partial charge in [0.1, 0.15) is 0 Å². The molecule has 16 heavy (non-hydrogen) atoms. The lowest BCUT2D eigenvalue weighted by atomic mass is 9.76. The number of rotatable bonds is 10. The van der Waals surface area contributed by atoms with Gasteiger partial charge in [0, 0.05) is 0 Å². The van der Waals surface area contributed by atoms with Crippen LogP contribution >= 0.6 is 0 Å². The maximum Gasteiger partial charge on any atom is -0.0185 e. The summed E-state index contributed by atoms with van der Waals surface area (Å²) >= 11 is 0. The summed E-state index contributed by atoms with van der Waals surface area (Å²) < 4.78 is 0. The van der Waals surface area contributed by atoms with Crippen LogP contribution in [0, 0.1) is 17.8 Å². The molecule has 0 N–H and O–H groups in total. The summed E-state index contributed by atoms with van der Waals surface area (Å²) in [5.74, 6) is 3.54. The topological polar surface area (TPSA) is 0 Å². The molecule has 0 fully saturated rings. The van der Waals surface area contributed by atoms with Gasteiger partial charge in [-0.05, 0) is 30.6 Å². The van der Waals surface area contributed by atoms with Gasteiger partial charge in [0.25, 0.3) is 0 Å². The van der Waals surface area contributed by atoms with Crippen LogP contribution in [0.3, 0.4) is 0 Å². The molecular formula is C16H33. The predicted octanol–water partition coefficient (Wildman–Crippen LogP) is 6.01. The van der Waals surface area contributed by atoms with Crippen LogP contribution in [0.2, 0.25) is 0 Å². The highest BCUT2D eigenvalue weighted by Gasteiger charge is 2.22. The van der Waals surface area contributed by atoms with Gasteiger partial charge < -0.3 is 0 Å². The number of hydrogen-bond acceptors (Lipinski definition) is 0. The van der Waals surface area contributed by atoms with Gasteiger partial charge in [-0.2, -0.15) is 0 Å². The molecule has 0 aliphatic rings. The Balaban J connectivity index is 4.12. The smallest absolute Gasteiger partial charge is 0.0185 e. The van der Waals surface area contributed by atoms with Gasteiger partial charge in [0.05, 0.1) is 0 Å². The Morgan fingerprint density at radius 1 is 0.875 bits per heavy atom. The van der Waals surface area contributed by atoms with Gasteiger partial charge in [-0.1, -0.05) is 73.1 Å². The summed E-state index contributed by atoms with van der Waals surface area (Å²) in [5, 5.41) is 0. The fourth-order valence-corrected chi connectivity index (χ4v) is 2.65. The van der Waals surface area contributed by atoms with Crippen LogP contribution < -0.4 is 0 Å². The molecule has 0 saturated carbocycles. The van der Waals surface area contributed by atoms with Crippen LogP contribution in [-0.4, -0.2) is 0 Å². The van der Waals surface area contributed by atoms with Crippen molar-refractivity contribution in [2.24, 2.45) is 11.8 Å². The largest absolute Gasteiger partial charge is 0.0654 e. The zero-order valence-electron chi connectivity index (χ0n) is 12.3. The third-order valence-electron chi connectivity index (χ3n) is 3.73. The van der Waals surface area contributed by atoms with Gasteiger partial charge in [-0.3, -0.25) is 0 Å². The predicted molar refractivity (Wildman–Crippen MR) is 75.5 cm³/mol. The Hall–Kier alpha value is 0. The van der Waals surface area contributed by atoms with Crippen LogP contribution in [0.1, 0.15) is 86.0 Å². The van der Waals surface area contributed by atoms with Gasteiger partial charge in [0.15, 0.2) is 0 Å². The third-order valence-corrected chi connectivity index (χ3v) is 3.73. The second-order valence-corrected chi connectivity index (χ2v) is 5.43. The summed E-state index contributed by atoms with van der Waals surface area (Å²) in [6, 6.07) is 0. The monoisotopic (exact) mass is 225 g/mol. The van der Waals surface area contributed by atoms with Gasteiger partial charge in [-0.15, -0.1) is 0 Å². The van der Waals surface area contributed by atoms with E-state index in [0.29, 0.717) is 0 Å². The van der Waals surface area contributed by atoms with E-state index in [-0.39, 0.29) is 0 Å². The molecule has 0 nitrogen and oxygen atoms in total. The first kappa shape index (κ1) is 16.0. The second kappa shape index (κ2) is 10.2. The normalized spacial score (nSPS) is 13.7. The molecule has 0 aliphatic carbocycles. The molecule has 0 bridgehead atoms. The van der Waals surface area contributed by atoms with E-state index in [9.17, 15) is 0 Å². The minimum atomic E-state index is 0.790. The second-order valence-electron chi connectivity index (χ2n) is 5.43. The molecule has 0 amide bonds. The Kier molecular flexibility index (Phi) is 10.2. The molecule has 0 spiro atoms. The van der Waals surface area contributed by atoms with Crippen molar-refractivity contribution in [2.75, 3.05) is 0 Å². The molecule has 0 aromatic carbocycles. The first-order valence-electron chi connectivity index (χ1n) is 7.52. The highest BCUT2D eigenvalue weighted by atomic mass is 14.3. The van der Waals surface area contributed by atoms with Crippen molar-refractivity contribution < 1.29 is 0 Å². The Bertz CT molecular complexity index is 137. The molecular weight excluding hydrogens is 192 g/mol. The summed E-state index contributed by atoms with van der Waals surface area (Å²) in [4.78, 5) is 0. The third kappa shape index (κ3) is 6.55. The van der Waals surface area contributed by atoms with Crippen molar-refractivity contribution in [3.05, 3.63) is 5.92 Å². The van der Waals surface area contributed by atoms with Crippen molar-refractivity contribution in [1.29, 1.82) is 0 Å². The van der Waals surface area contributed by atoms with Crippen LogP contribution in [0.25, 0.3) is 0 Å². The molecule has 0 saturated heterocycles. The highest BCUT2D eigenvalue weighted by Crippen LogP contribution is 2.34. The zero-order valence-corrected chi connectivity index (χ0v) is 12.3. The minimum absolute atomic E-state index is 0.790. The lowest BCUT2D eigenvalue weighted by Gasteiger charge is -2.29. The lowest BCUT2D eigenvalue weighted by molar-refractivity contribution is 0.375. The van der Waals surface area contributed by atoms with Crippen molar-refractivity contribution in [3.63, 3.8) is 0 Å². The summed E-state index contributed by atoms with van der Waals surface area (Å²) in [7, 11) is 0. The molecule has 0 rings (SSSR count). The summed E-state index contributed by atoms with van der Waals surface area (Å²) in [5.41, 5.74) is 0. The maximum absolute atomic E-state index is 2.38. The van der Waals surface area contributed by atoms with Gasteiger partial charge >= 0.3 is 0 Å².